The van der Waals surface area contributed by atoms with Crippen molar-refractivity contribution in [2.24, 2.45) is 0 Å². The van der Waals surface area contributed by atoms with Crippen LogP contribution in [0.2, 0.25) is 0 Å². The number of nitrogens with zero attached hydrogens (tertiary/aromatic N) is 1. The highest BCUT2D eigenvalue weighted by atomic mass is 15.3. The molecule has 0 N–H and O–H groups in total. The molecule has 0 bridgehead atoms. The molecule has 0 aliphatic carbocycles. The Morgan fingerprint density at radius 1 is 1.08 bits per heavy atom. The van der Waals surface area contributed by atoms with Crippen molar-refractivity contribution in [3.8, 4) is 0 Å². The van der Waals surface area contributed by atoms with Gasteiger partial charge >= 0.3 is 0 Å². The van der Waals surface area contributed by atoms with Gasteiger partial charge < -0.3 is 4.48 Å². The summed E-state index contributed by atoms with van der Waals surface area (Å²) in [5.74, 6) is 0. The van der Waals surface area contributed by atoms with Crippen LogP contribution in [0.5, 0.6) is 0 Å². The van der Waals surface area contributed by atoms with Crippen LogP contribution < -0.4 is 0 Å². The lowest BCUT2D eigenvalue weighted by atomic mass is 10.2. The monoisotopic (exact) mass is 176 g/mol. The summed E-state index contributed by atoms with van der Waals surface area (Å²) < 4.78 is 0.976. The summed E-state index contributed by atoms with van der Waals surface area (Å²) in [6.07, 6.45) is 4.39. The minimum Gasteiger partial charge on any atom is -0.328 e. The van der Waals surface area contributed by atoms with Crippen LogP contribution in [0.25, 0.3) is 6.08 Å². The van der Waals surface area contributed by atoms with Crippen molar-refractivity contribution in [2.45, 2.75) is 0 Å². The first kappa shape index (κ1) is 10.0. The zero-order chi connectivity index (χ0) is 9.73. The molecule has 1 heteroatoms. The number of quaternary nitrogens is 1. The maximum Gasteiger partial charge on any atom is 0.0970 e. The second-order valence-corrected chi connectivity index (χ2v) is 4.29. The molecule has 0 fully saturated rings. The van der Waals surface area contributed by atoms with Crippen molar-refractivity contribution >= 4 is 6.08 Å². The minimum atomic E-state index is 0.976. The van der Waals surface area contributed by atoms with E-state index in [1.165, 1.54) is 5.56 Å². The van der Waals surface area contributed by atoms with Crippen molar-refractivity contribution < 1.29 is 4.48 Å². The van der Waals surface area contributed by atoms with Gasteiger partial charge in [0.2, 0.25) is 0 Å². The molecule has 0 unspecified atom stereocenters. The average molecular weight is 176 g/mol. The molecule has 70 valence electrons. The lowest BCUT2D eigenvalue weighted by Gasteiger charge is -2.21. The summed E-state index contributed by atoms with van der Waals surface area (Å²) in [5.41, 5.74) is 1.27. The number of hydrogen-bond donors (Lipinski definition) is 0. The smallest absolute Gasteiger partial charge is 0.0970 e. The van der Waals surface area contributed by atoms with E-state index < -0.39 is 0 Å². The minimum absolute atomic E-state index is 0.976. The molecule has 1 aromatic carbocycles. The van der Waals surface area contributed by atoms with Crippen LogP contribution in [0.4, 0.5) is 0 Å². The van der Waals surface area contributed by atoms with E-state index in [4.69, 9.17) is 0 Å². The summed E-state index contributed by atoms with van der Waals surface area (Å²) in [7, 11) is 6.57. The Balaban J connectivity index is 2.51. The van der Waals surface area contributed by atoms with E-state index >= 15 is 0 Å². The number of rotatable bonds is 3. The van der Waals surface area contributed by atoms with Crippen molar-refractivity contribution in [2.75, 3.05) is 27.7 Å². The maximum atomic E-state index is 2.22. The lowest BCUT2D eigenvalue weighted by molar-refractivity contribution is -0.864. The fourth-order valence-electron chi connectivity index (χ4n) is 1.07. The quantitative estimate of drug-likeness (QED) is 0.620. The van der Waals surface area contributed by atoms with Crippen LogP contribution in [0, 0.1) is 0 Å². The molecular weight excluding hydrogens is 158 g/mol. The van der Waals surface area contributed by atoms with E-state index in [1.54, 1.807) is 0 Å². The molecule has 0 radical (unpaired) electrons. The molecule has 0 aliphatic rings. The molecule has 1 aromatic rings. The molecule has 1 rings (SSSR count). The van der Waals surface area contributed by atoms with Crippen LogP contribution in [0.1, 0.15) is 5.56 Å². The Bertz CT molecular complexity index is 267. The summed E-state index contributed by atoms with van der Waals surface area (Å²) in [4.78, 5) is 0. The van der Waals surface area contributed by atoms with Gasteiger partial charge in [-0.2, -0.15) is 0 Å². The first-order chi connectivity index (χ1) is 6.08. The summed E-state index contributed by atoms with van der Waals surface area (Å²) in [5, 5.41) is 0. The molecule has 0 aliphatic heterocycles. The SMILES string of the molecule is C[N+](C)(C)CC=Cc1ccccc1. The number of benzene rings is 1. The summed E-state index contributed by atoms with van der Waals surface area (Å²) in [6.45, 7) is 1.06. The zero-order valence-electron chi connectivity index (χ0n) is 8.70. The molecule has 0 amide bonds. The third-order valence-corrected chi connectivity index (χ3v) is 1.76. The Labute approximate surface area is 80.9 Å². The molecule has 0 atom stereocenters. The summed E-state index contributed by atoms with van der Waals surface area (Å²) >= 11 is 0. The molecule has 0 spiro atoms. The van der Waals surface area contributed by atoms with Gasteiger partial charge in [0.1, 0.15) is 0 Å². The van der Waals surface area contributed by atoms with Gasteiger partial charge in [-0.25, -0.2) is 0 Å². The third kappa shape index (κ3) is 4.48. The van der Waals surface area contributed by atoms with Crippen LogP contribution in [-0.4, -0.2) is 32.2 Å². The van der Waals surface area contributed by atoms with Gasteiger partial charge in [0.25, 0.3) is 0 Å². The fraction of sp³-hybridized carbons (Fsp3) is 0.333. The average Bonchev–Trinajstić information content (AvgIpc) is 2.04. The molecular formula is C12H18N+. The highest BCUT2D eigenvalue weighted by molar-refractivity contribution is 5.48. The number of likely N-dealkylation sites (N-methyl/N-ethyl adjacent to an activating group) is 1. The molecule has 0 aromatic heterocycles. The Hall–Kier alpha value is -1.08. The molecule has 13 heavy (non-hydrogen) atoms. The Morgan fingerprint density at radius 3 is 2.23 bits per heavy atom. The molecule has 0 saturated carbocycles. The highest BCUT2D eigenvalue weighted by Crippen LogP contribution is 2.01. The van der Waals surface area contributed by atoms with Crippen molar-refractivity contribution in [3.05, 3.63) is 42.0 Å². The van der Waals surface area contributed by atoms with Gasteiger partial charge in [0, 0.05) is 0 Å². The maximum absolute atomic E-state index is 2.22. The van der Waals surface area contributed by atoms with E-state index in [-0.39, 0.29) is 0 Å². The molecule has 0 saturated heterocycles. The van der Waals surface area contributed by atoms with E-state index in [2.05, 4.69) is 57.6 Å². The number of hydrogen-bond acceptors (Lipinski definition) is 0. The van der Waals surface area contributed by atoms with Gasteiger partial charge in [-0.05, 0) is 11.6 Å². The van der Waals surface area contributed by atoms with E-state index in [0.29, 0.717) is 0 Å². The normalized spacial score (nSPS) is 12.2. The van der Waals surface area contributed by atoms with E-state index in [0.717, 1.165) is 11.0 Å². The van der Waals surface area contributed by atoms with E-state index in [1.807, 2.05) is 6.07 Å². The van der Waals surface area contributed by atoms with Gasteiger partial charge in [0.15, 0.2) is 0 Å². The van der Waals surface area contributed by atoms with Crippen molar-refractivity contribution in [1.82, 2.24) is 0 Å². The second-order valence-electron chi connectivity index (χ2n) is 4.29. The first-order valence-corrected chi connectivity index (χ1v) is 4.60. The van der Waals surface area contributed by atoms with Crippen LogP contribution >= 0.6 is 0 Å². The van der Waals surface area contributed by atoms with Crippen molar-refractivity contribution in [3.63, 3.8) is 0 Å². The molecule has 0 heterocycles. The lowest BCUT2D eigenvalue weighted by Crippen LogP contribution is -2.34. The third-order valence-electron chi connectivity index (χ3n) is 1.76. The fourth-order valence-corrected chi connectivity index (χ4v) is 1.07. The Kier molecular flexibility index (Phi) is 3.26. The first-order valence-electron chi connectivity index (χ1n) is 4.60. The van der Waals surface area contributed by atoms with E-state index in [9.17, 15) is 0 Å². The highest BCUT2D eigenvalue weighted by Gasteiger charge is 2.01. The largest absolute Gasteiger partial charge is 0.328 e. The van der Waals surface area contributed by atoms with Gasteiger partial charge in [0.05, 0.1) is 27.7 Å². The summed E-state index contributed by atoms with van der Waals surface area (Å²) in [6, 6.07) is 10.4. The van der Waals surface area contributed by atoms with Gasteiger partial charge in [-0.15, -0.1) is 0 Å². The van der Waals surface area contributed by atoms with Crippen LogP contribution in [0.15, 0.2) is 36.4 Å². The van der Waals surface area contributed by atoms with Gasteiger partial charge in [-0.3, -0.25) is 0 Å². The zero-order valence-corrected chi connectivity index (χ0v) is 8.70. The predicted octanol–water partition coefficient (Wildman–Crippen LogP) is 2.41. The topological polar surface area (TPSA) is 0 Å². The van der Waals surface area contributed by atoms with Gasteiger partial charge in [-0.1, -0.05) is 36.4 Å². The van der Waals surface area contributed by atoms with Crippen LogP contribution in [-0.2, 0) is 0 Å². The predicted molar refractivity (Wildman–Crippen MR) is 58.4 cm³/mol. The van der Waals surface area contributed by atoms with Crippen LogP contribution in [0.3, 0.4) is 0 Å². The molecule has 1 nitrogen and oxygen atoms in total. The second kappa shape index (κ2) is 4.24. The van der Waals surface area contributed by atoms with Crippen molar-refractivity contribution in [1.29, 1.82) is 0 Å². The standard InChI is InChI=1S/C12H18N/c1-13(2,3)11-7-10-12-8-5-4-6-9-12/h4-10H,11H2,1-3H3/q+1. The Morgan fingerprint density at radius 2 is 1.69 bits per heavy atom.